The Hall–Kier alpha value is -0.940. The summed E-state index contributed by atoms with van der Waals surface area (Å²) in [5, 5.41) is 7.99. The number of thioether (sulfide) groups is 1. The van der Waals surface area contributed by atoms with Gasteiger partial charge in [-0.1, -0.05) is 35.2 Å². The predicted octanol–water partition coefficient (Wildman–Crippen LogP) is 3.53. The molecule has 0 saturated carbocycles. The van der Waals surface area contributed by atoms with E-state index in [-0.39, 0.29) is 11.1 Å². The molecule has 1 atom stereocenters. The topological polar surface area (TPSA) is 25.8 Å². The van der Waals surface area contributed by atoms with Crippen molar-refractivity contribution in [1.82, 2.24) is 10.2 Å². The van der Waals surface area contributed by atoms with Crippen LogP contribution in [0, 0.1) is 5.82 Å². The second kappa shape index (κ2) is 4.72. The van der Waals surface area contributed by atoms with Crippen molar-refractivity contribution in [2.45, 2.75) is 16.5 Å². The van der Waals surface area contributed by atoms with Gasteiger partial charge in [-0.25, -0.2) is 4.39 Å². The normalized spacial score (nSPS) is 12.7. The summed E-state index contributed by atoms with van der Waals surface area (Å²) in [5.41, 5.74) is 2.80. The third kappa shape index (κ3) is 2.76. The van der Waals surface area contributed by atoms with Gasteiger partial charge in [0.25, 0.3) is 0 Å². The lowest BCUT2D eigenvalue weighted by Gasteiger charge is -2.08. The molecule has 1 unspecified atom stereocenters. The fraction of sp³-hybridized carbons (Fsp3) is 0.200. The Morgan fingerprint density at radius 2 is 2.07 bits per heavy atom. The van der Waals surface area contributed by atoms with Crippen LogP contribution in [-0.4, -0.2) is 10.2 Å². The van der Waals surface area contributed by atoms with Crippen molar-refractivity contribution in [3.8, 4) is 0 Å². The average Bonchev–Trinajstić information content (AvgIpc) is 2.71. The number of benzene rings is 1. The highest BCUT2D eigenvalue weighted by Crippen LogP contribution is 2.35. The second-order valence-electron chi connectivity index (χ2n) is 3.02. The molecule has 0 aliphatic heterocycles. The minimum absolute atomic E-state index is 0.202. The Bertz CT molecular complexity index is 413. The van der Waals surface area contributed by atoms with Crippen LogP contribution in [0.2, 0.25) is 0 Å². The van der Waals surface area contributed by atoms with Gasteiger partial charge < -0.3 is 0 Å². The highest BCUT2D eigenvalue weighted by molar-refractivity contribution is 8.01. The molecule has 0 aliphatic rings. The van der Waals surface area contributed by atoms with E-state index in [1.165, 1.54) is 23.5 Å². The average molecular weight is 240 g/mol. The summed E-state index contributed by atoms with van der Waals surface area (Å²) in [7, 11) is 0. The highest BCUT2D eigenvalue weighted by atomic mass is 32.2. The maximum atomic E-state index is 12.7. The summed E-state index contributed by atoms with van der Waals surface area (Å²) in [5.74, 6) is -0.202. The fourth-order valence-corrected chi connectivity index (χ4v) is 2.92. The first-order chi connectivity index (χ1) is 7.25. The first kappa shape index (κ1) is 10.6. The summed E-state index contributed by atoms with van der Waals surface area (Å²) >= 11 is 3.15. The summed E-state index contributed by atoms with van der Waals surface area (Å²) in [6.07, 6.45) is 0. The molecule has 0 saturated heterocycles. The first-order valence-electron chi connectivity index (χ1n) is 4.44. The molecule has 2 aromatic rings. The summed E-state index contributed by atoms with van der Waals surface area (Å²) in [6, 6.07) is 6.56. The maximum absolute atomic E-state index is 12.7. The minimum atomic E-state index is -0.202. The Labute approximate surface area is 95.6 Å². The standard InChI is InChI=1S/C10H9FN2S2/c1-7(15-10-13-12-6-14-10)8-2-4-9(11)5-3-8/h2-7H,1H3. The van der Waals surface area contributed by atoms with E-state index in [9.17, 15) is 4.39 Å². The molecule has 0 fully saturated rings. The van der Waals surface area contributed by atoms with Gasteiger partial charge in [-0.15, -0.1) is 10.2 Å². The van der Waals surface area contributed by atoms with E-state index in [1.54, 1.807) is 29.4 Å². The molecule has 0 spiro atoms. The van der Waals surface area contributed by atoms with Crippen LogP contribution in [0.15, 0.2) is 34.1 Å². The smallest absolute Gasteiger partial charge is 0.174 e. The molecular weight excluding hydrogens is 231 g/mol. The van der Waals surface area contributed by atoms with Crippen LogP contribution in [-0.2, 0) is 0 Å². The van der Waals surface area contributed by atoms with Gasteiger partial charge in [-0.3, -0.25) is 0 Å². The lowest BCUT2D eigenvalue weighted by Crippen LogP contribution is -1.88. The Kier molecular flexibility index (Phi) is 3.33. The molecule has 0 N–H and O–H groups in total. The van der Waals surface area contributed by atoms with Gasteiger partial charge in [0, 0.05) is 5.25 Å². The number of rotatable bonds is 3. The van der Waals surface area contributed by atoms with E-state index >= 15 is 0 Å². The number of halogens is 1. The molecule has 0 aliphatic carbocycles. The lowest BCUT2D eigenvalue weighted by atomic mass is 10.2. The first-order valence-corrected chi connectivity index (χ1v) is 6.20. The maximum Gasteiger partial charge on any atom is 0.174 e. The van der Waals surface area contributed by atoms with E-state index < -0.39 is 0 Å². The number of aromatic nitrogens is 2. The van der Waals surface area contributed by atoms with E-state index in [0.29, 0.717) is 0 Å². The largest absolute Gasteiger partial charge is 0.207 e. The van der Waals surface area contributed by atoms with Gasteiger partial charge in [0.05, 0.1) is 0 Å². The van der Waals surface area contributed by atoms with Gasteiger partial charge in [0.2, 0.25) is 0 Å². The lowest BCUT2D eigenvalue weighted by molar-refractivity contribution is 0.627. The summed E-state index contributed by atoms with van der Waals surface area (Å²) in [6.45, 7) is 2.07. The van der Waals surface area contributed by atoms with E-state index in [1.807, 2.05) is 0 Å². The van der Waals surface area contributed by atoms with Gasteiger partial charge in [-0.2, -0.15) is 0 Å². The molecule has 0 radical (unpaired) electrons. The number of hydrogen-bond acceptors (Lipinski definition) is 4. The van der Waals surface area contributed by atoms with Crippen molar-refractivity contribution < 1.29 is 4.39 Å². The van der Waals surface area contributed by atoms with Crippen LogP contribution in [0.1, 0.15) is 17.7 Å². The minimum Gasteiger partial charge on any atom is -0.207 e. The van der Waals surface area contributed by atoms with Gasteiger partial charge >= 0.3 is 0 Å². The van der Waals surface area contributed by atoms with Crippen LogP contribution < -0.4 is 0 Å². The second-order valence-corrected chi connectivity index (χ2v) is 5.44. The molecular formula is C10H9FN2S2. The molecule has 5 heteroatoms. The summed E-state index contributed by atoms with van der Waals surface area (Å²) in [4.78, 5) is 0. The fourth-order valence-electron chi connectivity index (χ4n) is 1.17. The predicted molar refractivity (Wildman–Crippen MR) is 60.6 cm³/mol. The van der Waals surface area contributed by atoms with E-state index in [0.717, 1.165) is 9.90 Å². The summed E-state index contributed by atoms with van der Waals surface area (Å²) < 4.78 is 13.6. The van der Waals surface area contributed by atoms with Crippen LogP contribution in [0.4, 0.5) is 4.39 Å². The van der Waals surface area contributed by atoms with E-state index in [2.05, 4.69) is 17.1 Å². The molecule has 2 nitrogen and oxygen atoms in total. The van der Waals surface area contributed by atoms with Gasteiger partial charge in [-0.05, 0) is 24.6 Å². The van der Waals surface area contributed by atoms with Crippen LogP contribution in [0.3, 0.4) is 0 Å². The molecule has 1 heterocycles. The SMILES string of the molecule is CC(Sc1nncs1)c1ccc(F)cc1. The Morgan fingerprint density at radius 3 is 2.67 bits per heavy atom. The van der Waals surface area contributed by atoms with Crippen molar-refractivity contribution in [1.29, 1.82) is 0 Å². The number of nitrogens with zero attached hydrogens (tertiary/aromatic N) is 2. The quantitative estimate of drug-likeness (QED) is 0.767. The van der Waals surface area contributed by atoms with E-state index in [4.69, 9.17) is 0 Å². The van der Waals surface area contributed by atoms with Crippen molar-refractivity contribution in [3.63, 3.8) is 0 Å². The van der Waals surface area contributed by atoms with Crippen LogP contribution >= 0.6 is 23.1 Å². The molecule has 1 aromatic carbocycles. The molecule has 1 aromatic heterocycles. The van der Waals surface area contributed by atoms with Crippen molar-refractivity contribution in [2.75, 3.05) is 0 Å². The molecule has 0 amide bonds. The zero-order valence-corrected chi connectivity index (χ0v) is 9.69. The van der Waals surface area contributed by atoms with Crippen LogP contribution in [0.5, 0.6) is 0 Å². The Morgan fingerprint density at radius 1 is 1.33 bits per heavy atom. The highest BCUT2D eigenvalue weighted by Gasteiger charge is 2.09. The number of hydrogen-bond donors (Lipinski definition) is 0. The molecule has 15 heavy (non-hydrogen) atoms. The molecule has 2 rings (SSSR count). The third-order valence-electron chi connectivity index (χ3n) is 1.96. The van der Waals surface area contributed by atoms with Gasteiger partial charge in [0.15, 0.2) is 4.34 Å². The molecule has 78 valence electrons. The van der Waals surface area contributed by atoms with Crippen molar-refractivity contribution in [2.24, 2.45) is 0 Å². The van der Waals surface area contributed by atoms with Crippen LogP contribution in [0.25, 0.3) is 0 Å². The van der Waals surface area contributed by atoms with Gasteiger partial charge in [0.1, 0.15) is 11.3 Å². The zero-order valence-electron chi connectivity index (χ0n) is 8.05. The third-order valence-corrected chi connectivity index (χ3v) is 3.93. The monoisotopic (exact) mass is 240 g/mol. The Balaban J connectivity index is 2.08. The molecule has 0 bridgehead atoms. The van der Waals surface area contributed by atoms with Crippen molar-refractivity contribution in [3.05, 3.63) is 41.2 Å². The zero-order chi connectivity index (χ0) is 10.7. The van der Waals surface area contributed by atoms with Crippen molar-refractivity contribution >= 4 is 23.1 Å².